The number of fused-ring (bicyclic) bond motifs is 3. The third kappa shape index (κ3) is 3.81. The van der Waals surface area contributed by atoms with Gasteiger partial charge in [-0.05, 0) is 62.3 Å². The Bertz CT molecular complexity index is 1660. The zero-order valence-electron chi connectivity index (χ0n) is 20.5. The van der Waals surface area contributed by atoms with Crippen LogP contribution >= 0.6 is 11.3 Å². The first-order valence-electron chi connectivity index (χ1n) is 12.1. The number of aromatic nitrogens is 3. The number of thiophene rings is 1. The molecule has 4 aromatic heterocycles. The molecule has 2 amide bonds. The lowest BCUT2D eigenvalue weighted by Gasteiger charge is -2.15. The van der Waals surface area contributed by atoms with Gasteiger partial charge in [-0.2, -0.15) is 0 Å². The summed E-state index contributed by atoms with van der Waals surface area (Å²) in [5.41, 5.74) is 3.00. The fourth-order valence-corrected chi connectivity index (χ4v) is 6.18. The van der Waals surface area contributed by atoms with Gasteiger partial charge in [-0.15, -0.1) is 11.3 Å². The van der Waals surface area contributed by atoms with E-state index in [2.05, 4.69) is 10.6 Å². The van der Waals surface area contributed by atoms with E-state index in [4.69, 9.17) is 10.4 Å². The van der Waals surface area contributed by atoms with Crippen LogP contribution in [0.4, 0.5) is 5.00 Å². The summed E-state index contributed by atoms with van der Waals surface area (Å²) in [6, 6.07) is 5.12. The molecule has 1 aliphatic carbocycles. The summed E-state index contributed by atoms with van der Waals surface area (Å²) >= 11 is 1.42. The van der Waals surface area contributed by atoms with E-state index in [0.29, 0.717) is 34.8 Å². The first kappa shape index (κ1) is 23.9. The van der Waals surface area contributed by atoms with Crippen LogP contribution in [0, 0.1) is 12.3 Å². The molecule has 186 valence electrons. The minimum Gasteiger partial charge on any atom is -0.355 e. The van der Waals surface area contributed by atoms with E-state index >= 15 is 0 Å². The number of hydrogen-bond donors (Lipinski definition) is 3. The lowest BCUT2D eigenvalue weighted by Crippen LogP contribution is -2.32. The minimum absolute atomic E-state index is 0.0190. The Hall–Kier alpha value is -3.79. The predicted octanol–water partition coefficient (Wildman–Crippen LogP) is 3.40. The average Bonchev–Trinajstić information content (AvgIpc) is 3.23. The van der Waals surface area contributed by atoms with Gasteiger partial charge < -0.3 is 15.2 Å². The molecule has 0 aliphatic heterocycles. The second-order valence-electron chi connectivity index (χ2n) is 9.05. The summed E-state index contributed by atoms with van der Waals surface area (Å²) in [4.78, 5) is 45.5. The molecule has 9 nitrogen and oxygen atoms in total. The Labute approximate surface area is 211 Å². The maximum Gasteiger partial charge on any atom is 0.267 e. The Balaban J connectivity index is 1.68. The van der Waals surface area contributed by atoms with Gasteiger partial charge in [-0.25, -0.2) is 4.98 Å². The van der Waals surface area contributed by atoms with Crippen molar-refractivity contribution in [3.8, 4) is 0 Å². The van der Waals surface area contributed by atoms with Gasteiger partial charge in [-0.1, -0.05) is 13.0 Å². The molecule has 3 N–H and O–H groups in total. The summed E-state index contributed by atoms with van der Waals surface area (Å²) in [6.07, 6.45) is 6.09. The van der Waals surface area contributed by atoms with Crippen molar-refractivity contribution >= 4 is 44.8 Å². The number of aryl methyl sites for hydroxylation is 3. The molecule has 0 saturated heterocycles. The molecule has 0 spiro atoms. The van der Waals surface area contributed by atoms with Crippen molar-refractivity contribution in [2.45, 2.75) is 52.5 Å². The number of pyridine rings is 2. The van der Waals surface area contributed by atoms with Crippen LogP contribution in [0.25, 0.3) is 16.7 Å². The highest BCUT2D eigenvalue weighted by Crippen LogP contribution is 2.38. The standard InChI is InChI=1S/C26H28N6O3S/c1-4-11-31-20(27)16(13-17-22(31)29-21-14(2)8-7-12-32(21)26(17)35)23(33)30-25-19(24(34)28-3)15-9-5-6-10-18(15)36-25/h7-8,12-13,27H,4-6,9-11H2,1-3H3,(H,28,34)(H,30,33). The van der Waals surface area contributed by atoms with Gasteiger partial charge in [0.25, 0.3) is 17.4 Å². The Morgan fingerprint density at radius 2 is 1.97 bits per heavy atom. The van der Waals surface area contributed by atoms with Crippen LogP contribution < -0.4 is 21.7 Å². The van der Waals surface area contributed by atoms with Crippen LogP contribution in [0.5, 0.6) is 0 Å². The van der Waals surface area contributed by atoms with Crippen molar-refractivity contribution in [3.05, 3.63) is 67.4 Å². The molecular weight excluding hydrogens is 476 g/mol. The van der Waals surface area contributed by atoms with E-state index in [9.17, 15) is 14.4 Å². The summed E-state index contributed by atoms with van der Waals surface area (Å²) in [6.45, 7) is 4.28. The van der Waals surface area contributed by atoms with E-state index in [0.717, 1.165) is 41.7 Å². The predicted molar refractivity (Wildman–Crippen MR) is 140 cm³/mol. The second-order valence-corrected chi connectivity index (χ2v) is 10.2. The molecule has 0 bridgehead atoms. The maximum atomic E-state index is 13.5. The average molecular weight is 505 g/mol. The van der Waals surface area contributed by atoms with Gasteiger partial charge in [0.2, 0.25) is 0 Å². The van der Waals surface area contributed by atoms with E-state index < -0.39 is 5.91 Å². The first-order chi connectivity index (χ1) is 17.3. The van der Waals surface area contributed by atoms with Gasteiger partial charge in [0.1, 0.15) is 21.8 Å². The zero-order valence-corrected chi connectivity index (χ0v) is 21.3. The van der Waals surface area contributed by atoms with Gasteiger partial charge in [0.15, 0.2) is 0 Å². The lowest BCUT2D eigenvalue weighted by atomic mass is 9.95. The molecule has 1 aliphatic rings. The van der Waals surface area contributed by atoms with Crippen LogP contribution in [0.3, 0.4) is 0 Å². The smallest absolute Gasteiger partial charge is 0.267 e. The quantitative estimate of drug-likeness (QED) is 0.361. The van der Waals surface area contributed by atoms with Crippen LogP contribution in [0.15, 0.2) is 29.2 Å². The highest BCUT2D eigenvalue weighted by atomic mass is 32.1. The van der Waals surface area contributed by atoms with E-state index in [1.165, 1.54) is 21.8 Å². The molecule has 10 heteroatoms. The minimum atomic E-state index is -0.524. The first-order valence-corrected chi connectivity index (χ1v) is 13.0. The molecule has 4 heterocycles. The number of hydrogen-bond acceptors (Lipinski definition) is 6. The van der Waals surface area contributed by atoms with Crippen LogP contribution in [0.1, 0.15) is 62.9 Å². The van der Waals surface area contributed by atoms with Crippen molar-refractivity contribution in [2.75, 3.05) is 12.4 Å². The Kier molecular flexibility index (Phi) is 6.21. The largest absolute Gasteiger partial charge is 0.355 e. The topological polar surface area (TPSA) is 121 Å². The second kappa shape index (κ2) is 9.34. The summed E-state index contributed by atoms with van der Waals surface area (Å²) < 4.78 is 3.09. The molecule has 0 saturated carbocycles. The van der Waals surface area contributed by atoms with Gasteiger partial charge in [-0.3, -0.25) is 24.2 Å². The molecular formula is C26H28N6O3S. The van der Waals surface area contributed by atoms with Crippen molar-refractivity contribution in [1.82, 2.24) is 19.3 Å². The molecule has 0 radical (unpaired) electrons. The van der Waals surface area contributed by atoms with Gasteiger partial charge in [0.05, 0.1) is 16.5 Å². The van der Waals surface area contributed by atoms with Crippen molar-refractivity contribution < 1.29 is 9.59 Å². The van der Waals surface area contributed by atoms with Crippen molar-refractivity contribution in [1.29, 1.82) is 5.41 Å². The maximum absolute atomic E-state index is 13.5. The highest BCUT2D eigenvalue weighted by molar-refractivity contribution is 7.17. The van der Waals surface area contributed by atoms with Crippen LogP contribution in [0.2, 0.25) is 0 Å². The van der Waals surface area contributed by atoms with Gasteiger partial charge >= 0.3 is 0 Å². The molecule has 0 unspecified atom stereocenters. The molecule has 0 aromatic carbocycles. The van der Waals surface area contributed by atoms with Crippen LogP contribution in [-0.4, -0.2) is 32.8 Å². The molecule has 36 heavy (non-hydrogen) atoms. The molecule has 0 atom stereocenters. The number of carbonyl (C=O) groups excluding carboxylic acids is 2. The number of nitrogens with zero attached hydrogens (tertiary/aromatic N) is 3. The molecule has 5 rings (SSSR count). The number of nitrogens with one attached hydrogen (secondary N) is 3. The third-order valence-corrected chi connectivity index (χ3v) is 7.89. The normalized spacial score (nSPS) is 13.1. The van der Waals surface area contributed by atoms with Crippen molar-refractivity contribution in [2.24, 2.45) is 0 Å². The highest BCUT2D eigenvalue weighted by Gasteiger charge is 2.27. The van der Waals surface area contributed by atoms with E-state index in [-0.39, 0.29) is 27.9 Å². The number of carbonyl (C=O) groups is 2. The molecule has 4 aromatic rings. The summed E-state index contributed by atoms with van der Waals surface area (Å²) in [5.74, 6) is -0.760. The van der Waals surface area contributed by atoms with E-state index in [1.54, 1.807) is 23.9 Å². The van der Waals surface area contributed by atoms with Gasteiger partial charge in [0, 0.05) is 24.7 Å². The van der Waals surface area contributed by atoms with Crippen molar-refractivity contribution in [3.63, 3.8) is 0 Å². The molecule has 0 fully saturated rings. The lowest BCUT2D eigenvalue weighted by molar-refractivity contribution is 0.0963. The van der Waals surface area contributed by atoms with E-state index in [1.807, 2.05) is 19.9 Å². The number of anilines is 1. The number of amides is 2. The summed E-state index contributed by atoms with van der Waals surface area (Å²) in [7, 11) is 1.58. The number of rotatable bonds is 5. The third-order valence-electron chi connectivity index (χ3n) is 6.68. The fourth-order valence-electron chi connectivity index (χ4n) is 4.90. The zero-order chi connectivity index (χ0) is 25.6. The monoisotopic (exact) mass is 504 g/mol. The van der Waals surface area contributed by atoms with Crippen LogP contribution in [-0.2, 0) is 19.4 Å². The Morgan fingerprint density at radius 3 is 2.72 bits per heavy atom. The Morgan fingerprint density at radius 1 is 1.19 bits per heavy atom. The summed E-state index contributed by atoms with van der Waals surface area (Å²) in [5, 5.41) is 15.2. The SMILES string of the molecule is CCCn1c(=N)c(C(=O)Nc2sc3c(c2C(=O)NC)CCCC3)cc2c(=O)n3cccc(C)c3nc21. The fraction of sp³-hybridized carbons (Fsp3) is 0.346.